The molecule has 3 fully saturated rings. The van der Waals surface area contributed by atoms with Crippen LogP contribution < -0.4 is 10.1 Å². The number of fused-ring (bicyclic) bond motifs is 1. The third kappa shape index (κ3) is 6.73. The Labute approximate surface area is 248 Å². The van der Waals surface area contributed by atoms with E-state index in [4.69, 9.17) is 14.2 Å². The highest BCUT2D eigenvalue weighted by molar-refractivity contribution is 7.92. The van der Waals surface area contributed by atoms with Crippen molar-refractivity contribution in [1.29, 1.82) is 0 Å². The Morgan fingerprint density at radius 3 is 2.55 bits per heavy atom. The number of thiazole rings is 1. The first-order valence-electron chi connectivity index (χ1n) is 14.2. The molecule has 1 N–H and O–H groups in total. The van der Waals surface area contributed by atoms with Crippen LogP contribution in [0.2, 0.25) is 0 Å². The predicted molar refractivity (Wildman–Crippen MR) is 159 cm³/mol. The van der Waals surface area contributed by atoms with Crippen LogP contribution in [0.5, 0.6) is 5.88 Å². The molecule has 12 nitrogen and oxygen atoms in total. The SMILES string of the molecule is O=C(Nc1nc2ccc(OCCN3CCCC3)nc2s1)C(=NN1CCOCC1)c1ccc(S(=O)(=O)[C@H]2CCOC2)cc1. The Kier molecular flexibility index (Phi) is 8.95. The Morgan fingerprint density at radius 2 is 1.81 bits per heavy atom. The first-order valence-corrected chi connectivity index (χ1v) is 16.6. The van der Waals surface area contributed by atoms with Gasteiger partial charge in [-0.15, -0.1) is 0 Å². The van der Waals surface area contributed by atoms with Crippen LogP contribution in [-0.4, -0.2) is 111 Å². The van der Waals surface area contributed by atoms with Gasteiger partial charge in [-0.25, -0.2) is 18.4 Å². The van der Waals surface area contributed by atoms with E-state index in [2.05, 4.69) is 25.3 Å². The molecule has 1 aromatic carbocycles. The summed E-state index contributed by atoms with van der Waals surface area (Å²) in [5, 5.41) is 9.10. The van der Waals surface area contributed by atoms with Gasteiger partial charge in [0.15, 0.2) is 20.7 Å². The van der Waals surface area contributed by atoms with Crippen molar-refractivity contribution in [2.45, 2.75) is 29.4 Å². The maximum absolute atomic E-state index is 13.6. The van der Waals surface area contributed by atoms with Gasteiger partial charge in [0, 0.05) is 24.8 Å². The van der Waals surface area contributed by atoms with Crippen LogP contribution in [0.1, 0.15) is 24.8 Å². The highest BCUT2D eigenvalue weighted by Crippen LogP contribution is 2.27. The van der Waals surface area contributed by atoms with E-state index in [0.29, 0.717) is 72.9 Å². The number of nitrogens with zero attached hydrogens (tertiary/aromatic N) is 5. The van der Waals surface area contributed by atoms with Gasteiger partial charge in [-0.05, 0) is 50.6 Å². The van der Waals surface area contributed by atoms with Crippen molar-refractivity contribution in [3.63, 3.8) is 0 Å². The minimum atomic E-state index is -3.53. The van der Waals surface area contributed by atoms with E-state index in [9.17, 15) is 13.2 Å². The Balaban J connectivity index is 1.18. The normalized spacial score (nSPS) is 20.3. The number of sulfone groups is 1. The first-order chi connectivity index (χ1) is 20.5. The number of anilines is 1. The zero-order chi connectivity index (χ0) is 28.9. The van der Waals surface area contributed by atoms with Crippen molar-refractivity contribution in [2.75, 3.05) is 71.1 Å². The lowest BCUT2D eigenvalue weighted by atomic mass is 10.1. The number of hydrogen-bond acceptors (Lipinski definition) is 12. The molecule has 14 heteroatoms. The van der Waals surface area contributed by atoms with Crippen LogP contribution in [0.15, 0.2) is 46.4 Å². The van der Waals surface area contributed by atoms with Crippen LogP contribution in [0, 0.1) is 0 Å². The summed E-state index contributed by atoms with van der Waals surface area (Å²) in [7, 11) is -3.53. The fourth-order valence-corrected chi connectivity index (χ4v) is 7.56. The van der Waals surface area contributed by atoms with E-state index >= 15 is 0 Å². The molecule has 1 amide bonds. The van der Waals surface area contributed by atoms with Gasteiger partial charge in [-0.2, -0.15) is 5.10 Å². The van der Waals surface area contributed by atoms with E-state index in [-0.39, 0.29) is 17.2 Å². The second-order valence-electron chi connectivity index (χ2n) is 10.4. The Hall–Kier alpha value is -3.17. The highest BCUT2D eigenvalue weighted by atomic mass is 32.2. The molecule has 3 saturated heterocycles. The van der Waals surface area contributed by atoms with E-state index in [0.717, 1.165) is 19.6 Å². The number of rotatable bonds is 10. The van der Waals surface area contributed by atoms with Gasteiger partial charge in [-0.1, -0.05) is 23.5 Å². The number of benzene rings is 1. The number of hydrazone groups is 1. The molecule has 0 spiro atoms. The number of likely N-dealkylation sites (tertiary alicyclic amines) is 1. The van der Waals surface area contributed by atoms with Gasteiger partial charge in [0.2, 0.25) is 5.88 Å². The third-order valence-corrected chi connectivity index (χ3v) is 10.6. The summed E-state index contributed by atoms with van der Waals surface area (Å²) < 4.78 is 42.6. The van der Waals surface area contributed by atoms with E-state index in [1.165, 1.54) is 36.3 Å². The summed E-state index contributed by atoms with van der Waals surface area (Å²) in [5.41, 5.74) is 1.30. The maximum Gasteiger partial charge on any atom is 0.278 e. The summed E-state index contributed by atoms with van der Waals surface area (Å²) in [6, 6.07) is 9.91. The molecule has 0 bridgehead atoms. The zero-order valence-electron chi connectivity index (χ0n) is 23.2. The quantitative estimate of drug-likeness (QED) is 0.339. The van der Waals surface area contributed by atoms with Gasteiger partial charge in [-0.3, -0.25) is 20.0 Å². The van der Waals surface area contributed by atoms with Crippen molar-refractivity contribution in [3.8, 4) is 5.88 Å². The fourth-order valence-electron chi connectivity index (χ4n) is 5.16. The van der Waals surface area contributed by atoms with Gasteiger partial charge >= 0.3 is 0 Å². The first kappa shape index (κ1) is 28.9. The molecule has 0 radical (unpaired) electrons. The van der Waals surface area contributed by atoms with Crippen molar-refractivity contribution in [3.05, 3.63) is 42.0 Å². The van der Waals surface area contributed by atoms with E-state index in [1.807, 2.05) is 6.07 Å². The number of ether oxygens (including phenoxy) is 3. The van der Waals surface area contributed by atoms with Gasteiger partial charge in [0.25, 0.3) is 5.91 Å². The lowest BCUT2D eigenvalue weighted by Gasteiger charge is -2.25. The molecule has 0 unspecified atom stereocenters. The largest absolute Gasteiger partial charge is 0.476 e. The number of pyridine rings is 1. The zero-order valence-corrected chi connectivity index (χ0v) is 24.9. The highest BCUT2D eigenvalue weighted by Gasteiger charge is 2.31. The molecule has 0 aliphatic carbocycles. The standard InChI is InChI=1S/C28H34N6O6S2/c35-26(31-28-29-23-7-8-24(30-27(23)41-28)40-18-12-33-10-1-2-11-33)25(32-34-13-16-38-17-14-34)20-3-5-21(6-4-20)42(36,37)22-9-15-39-19-22/h3-8,22H,1-2,9-19H2,(H,29,31,35)/t22-/m0/s1. The number of nitrogens with one attached hydrogen (secondary N) is 1. The van der Waals surface area contributed by atoms with Crippen LogP contribution in [-0.2, 0) is 24.1 Å². The van der Waals surface area contributed by atoms with Gasteiger partial charge < -0.3 is 14.2 Å². The van der Waals surface area contributed by atoms with Crippen molar-refractivity contribution < 1.29 is 27.4 Å². The predicted octanol–water partition coefficient (Wildman–Crippen LogP) is 2.40. The molecule has 224 valence electrons. The molecule has 6 rings (SSSR count). The molecule has 5 heterocycles. The second kappa shape index (κ2) is 13.0. The summed E-state index contributed by atoms with van der Waals surface area (Å²) in [4.78, 5) is 25.9. The molecule has 3 aliphatic heterocycles. The molecule has 3 aromatic rings. The Bertz CT molecular complexity index is 1530. The third-order valence-electron chi connectivity index (χ3n) is 7.53. The summed E-state index contributed by atoms with van der Waals surface area (Å²) >= 11 is 1.25. The summed E-state index contributed by atoms with van der Waals surface area (Å²) in [6.45, 7) is 6.39. The lowest BCUT2D eigenvalue weighted by Crippen LogP contribution is -2.35. The van der Waals surface area contributed by atoms with Crippen molar-refractivity contribution >= 4 is 48.3 Å². The minimum absolute atomic E-state index is 0.156. The van der Waals surface area contributed by atoms with Crippen LogP contribution >= 0.6 is 11.3 Å². The van der Waals surface area contributed by atoms with Crippen molar-refractivity contribution in [1.82, 2.24) is 19.9 Å². The monoisotopic (exact) mass is 614 g/mol. The number of amides is 1. The average molecular weight is 615 g/mol. The minimum Gasteiger partial charge on any atom is -0.476 e. The molecular formula is C28H34N6O6S2. The van der Waals surface area contributed by atoms with Crippen LogP contribution in [0.25, 0.3) is 10.3 Å². The number of morpholine rings is 1. The van der Waals surface area contributed by atoms with Gasteiger partial charge in [0.05, 0.1) is 43.1 Å². The molecule has 42 heavy (non-hydrogen) atoms. The summed E-state index contributed by atoms with van der Waals surface area (Å²) in [6.07, 6.45) is 2.95. The molecular weight excluding hydrogens is 580 g/mol. The lowest BCUT2D eigenvalue weighted by molar-refractivity contribution is -0.110. The maximum atomic E-state index is 13.6. The van der Waals surface area contributed by atoms with Crippen LogP contribution in [0.3, 0.4) is 0 Å². The molecule has 1 atom stereocenters. The van der Waals surface area contributed by atoms with Crippen LogP contribution in [0.4, 0.5) is 5.13 Å². The molecule has 2 aromatic heterocycles. The number of carbonyl (C=O) groups is 1. The number of hydrogen-bond donors (Lipinski definition) is 1. The van der Waals surface area contributed by atoms with E-state index in [1.54, 1.807) is 23.2 Å². The number of carbonyl (C=O) groups excluding carboxylic acids is 1. The van der Waals surface area contributed by atoms with Gasteiger partial charge in [0.1, 0.15) is 17.0 Å². The fraction of sp³-hybridized carbons (Fsp3) is 0.500. The molecule has 0 saturated carbocycles. The average Bonchev–Trinajstić information content (AvgIpc) is 3.79. The smallest absolute Gasteiger partial charge is 0.278 e. The molecule has 3 aliphatic rings. The summed E-state index contributed by atoms with van der Waals surface area (Å²) in [5.74, 6) is 0.0689. The topological polar surface area (TPSA) is 136 Å². The Morgan fingerprint density at radius 1 is 1.02 bits per heavy atom. The number of aromatic nitrogens is 2. The van der Waals surface area contributed by atoms with Crippen molar-refractivity contribution in [2.24, 2.45) is 5.10 Å². The second-order valence-corrected chi connectivity index (χ2v) is 13.6. The van der Waals surface area contributed by atoms with E-state index < -0.39 is 21.0 Å².